The van der Waals surface area contributed by atoms with E-state index in [1.165, 1.54) is 11.0 Å². The minimum Gasteiger partial charge on any atom is -0.473 e. The van der Waals surface area contributed by atoms with Gasteiger partial charge in [0, 0.05) is 19.6 Å². The standard InChI is InChI=1S/C17H22F4N2O.C2H2O4/c1-3-22(4-2)7-5-6-12-13(18)15(20)17(16(21)14(12)19)23-8-10-24-11-9-23;3-1(4)2(5)6/h5-6H,3-4,7-11H2,1-2H3;(H,3,4)(H,5,6). The van der Waals surface area contributed by atoms with E-state index < -0.39 is 46.5 Å². The average molecular weight is 436 g/mol. The Morgan fingerprint density at radius 1 is 0.967 bits per heavy atom. The molecule has 1 aliphatic heterocycles. The smallest absolute Gasteiger partial charge is 0.414 e. The SMILES string of the molecule is CCN(CC)CC=Cc1c(F)c(F)c(N2CCOCC2)c(F)c1F.O=C(O)C(=O)O. The lowest BCUT2D eigenvalue weighted by Gasteiger charge is -2.29. The molecule has 0 unspecified atom stereocenters. The fourth-order valence-corrected chi connectivity index (χ4v) is 2.65. The molecule has 30 heavy (non-hydrogen) atoms. The van der Waals surface area contributed by atoms with Crippen molar-refractivity contribution in [3.05, 3.63) is 34.9 Å². The summed E-state index contributed by atoms with van der Waals surface area (Å²) in [6.45, 7) is 6.77. The van der Waals surface area contributed by atoms with Gasteiger partial charge in [-0.15, -0.1) is 0 Å². The van der Waals surface area contributed by atoms with Gasteiger partial charge in [-0.1, -0.05) is 26.0 Å². The van der Waals surface area contributed by atoms with Gasteiger partial charge in [-0.05, 0) is 13.1 Å². The Morgan fingerprint density at radius 3 is 1.83 bits per heavy atom. The first kappa shape index (κ1) is 25.4. The number of ether oxygens (including phenoxy) is 1. The molecule has 2 rings (SSSR count). The van der Waals surface area contributed by atoms with E-state index in [2.05, 4.69) is 0 Å². The van der Waals surface area contributed by atoms with Crippen molar-refractivity contribution in [2.75, 3.05) is 50.8 Å². The van der Waals surface area contributed by atoms with Crippen molar-refractivity contribution in [1.29, 1.82) is 0 Å². The molecule has 0 saturated carbocycles. The topological polar surface area (TPSA) is 90.3 Å². The number of rotatable bonds is 6. The lowest BCUT2D eigenvalue weighted by molar-refractivity contribution is -0.159. The molecule has 0 bridgehead atoms. The zero-order valence-corrected chi connectivity index (χ0v) is 16.6. The number of anilines is 1. The Morgan fingerprint density at radius 2 is 1.43 bits per heavy atom. The first-order chi connectivity index (χ1) is 14.1. The minimum absolute atomic E-state index is 0.184. The zero-order chi connectivity index (χ0) is 22.8. The molecule has 2 N–H and O–H groups in total. The van der Waals surface area contributed by atoms with E-state index in [9.17, 15) is 17.6 Å². The first-order valence-electron chi connectivity index (χ1n) is 9.19. The van der Waals surface area contributed by atoms with E-state index >= 15 is 0 Å². The highest BCUT2D eigenvalue weighted by Gasteiger charge is 2.28. The molecule has 0 aromatic heterocycles. The van der Waals surface area contributed by atoms with Crippen molar-refractivity contribution < 1.29 is 42.1 Å². The number of hydrogen-bond donors (Lipinski definition) is 2. The second kappa shape index (κ2) is 12.1. The molecule has 1 heterocycles. The van der Waals surface area contributed by atoms with Crippen molar-refractivity contribution in [2.45, 2.75) is 13.8 Å². The van der Waals surface area contributed by atoms with Crippen LogP contribution in [0.25, 0.3) is 6.08 Å². The average Bonchev–Trinajstić information content (AvgIpc) is 2.73. The molecular formula is C19H24F4N2O5. The quantitative estimate of drug-likeness (QED) is 0.403. The fraction of sp³-hybridized carbons (Fsp3) is 0.474. The summed E-state index contributed by atoms with van der Waals surface area (Å²) in [7, 11) is 0. The van der Waals surface area contributed by atoms with Gasteiger partial charge in [0.1, 0.15) is 5.69 Å². The summed E-state index contributed by atoms with van der Waals surface area (Å²) < 4.78 is 62.2. The van der Waals surface area contributed by atoms with Crippen LogP contribution in [-0.4, -0.2) is 73.0 Å². The third kappa shape index (κ3) is 6.70. The monoisotopic (exact) mass is 436 g/mol. The van der Waals surface area contributed by atoms with Crippen molar-refractivity contribution in [2.24, 2.45) is 0 Å². The van der Waals surface area contributed by atoms with Crippen LogP contribution in [-0.2, 0) is 14.3 Å². The van der Waals surface area contributed by atoms with E-state index in [0.29, 0.717) is 6.54 Å². The van der Waals surface area contributed by atoms with E-state index in [1.807, 2.05) is 18.7 Å². The highest BCUT2D eigenvalue weighted by Crippen LogP contribution is 2.32. The minimum atomic E-state index is -1.82. The molecule has 0 atom stereocenters. The second-order valence-corrected chi connectivity index (χ2v) is 6.12. The largest absolute Gasteiger partial charge is 0.473 e. The van der Waals surface area contributed by atoms with Gasteiger partial charge in [0.2, 0.25) is 0 Å². The predicted molar refractivity (Wildman–Crippen MR) is 101 cm³/mol. The Hall–Kier alpha value is -2.66. The summed E-state index contributed by atoms with van der Waals surface area (Å²) in [5.74, 6) is -9.11. The molecule has 0 aliphatic carbocycles. The maximum absolute atomic E-state index is 14.3. The maximum Gasteiger partial charge on any atom is 0.414 e. The lowest BCUT2D eigenvalue weighted by Crippen LogP contribution is -2.37. The number of carbonyl (C=O) groups is 2. The molecule has 1 aromatic carbocycles. The molecule has 1 saturated heterocycles. The van der Waals surface area contributed by atoms with Crippen LogP contribution in [0.5, 0.6) is 0 Å². The van der Waals surface area contributed by atoms with Crippen LogP contribution < -0.4 is 4.90 Å². The number of morpholine rings is 1. The molecular weight excluding hydrogens is 412 g/mol. The first-order valence-corrected chi connectivity index (χ1v) is 9.19. The number of benzene rings is 1. The van der Waals surface area contributed by atoms with Crippen LogP contribution in [0.1, 0.15) is 19.4 Å². The van der Waals surface area contributed by atoms with Crippen molar-refractivity contribution in [3.63, 3.8) is 0 Å². The molecule has 1 fully saturated rings. The molecule has 0 radical (unpaired) electrons. The molecule has 11 heteroatoms. The number of nitrogens with zero attached hydrogens (tertiary/aromatic N) is 2. The third-order valence-corrected chi connectivity index (χ3v) is 4.33. The van der Waals surface area contributed by atoms with Crippen molar-refractivity contribution in [1.82, 2.24) is 4.90 Å². The summed E-state index contributed by atoms with van der Waals surface area (Å²) >= 11 is 0. The molecule has 7 nitrogen and oxygen atoms in total. The normalized spacial score (nSPS) is 14.0. The van der Waals surface area contributed by atoms with Crippen LogP contribution in [0.2, 0.25) is 0 Å². The fourth-order valence-electron chi connectivity index (χ4n) is 2.65. The van der Waals surface area contributed by atoms with Crippen LogP contribution in [0.3, 0.4) is 0 Å². The van der Waals surface area contributed by atoms with Gasteiger partial charge in [0.25, 0.3) is 0 Å². The van der Waals surface area contributed by atoms with Crippen molar-refractivity contribution >= 4 is 23.7 Å². The van der Waals surface area contributed by atoms with Crippen LogP contribution in [0.4, 0.5) is 23.2 Å². The highest BCUT2D eigenvalue weighted by atomic mass is 19.2. The Labute approximate surface area is 171 Å². The van der Waals surface area contributed by atoms with Crippen LogP contribution in [0, 0.1) is 23.3 Å². The molecule has 0 spiro atoms. The summed E-state index contributed by atoms with van der Waals surface area (Å²) in [6.07, 6.45) is 2.60. The molecule has 1 aliphatic rings. The Balaban J connectivity index is 0.000000656. The lowest BCUT2D eigenvalue weighted by atomic mass is 10.1. The summed E-state index contributed by atoms with van der Waals surface area (Å²) in [4.78, 5) is 21.5. The predicted octanol–water partition coefficient (Wildman–Crippen LogP) is 2.59. The number of halogens is 4. The van der Waals surface area contributed by atoms with Gasteiger partial charge in [-0.2, -0.15) is 0 Å². The van der Waals surface area contributed by atoms with Gasteiger partial charge in [-0.3, -0.25) is 0 Å². The van der Waals surface area contributed by atoms with E-state index in [1.54, 1.807) is 0 Å². The van der Waals surface area contributed by atoms with Gasteiger partial charge in [0.15, 0.2) is 23.3 Å². The van der Waals surface area contributed by atoms with Crippen LogP contribution in [0.15, 0.2) is 6.08 Å². The summed E-state index contributed by atoms with van der Waals surface area (Å²) in [5.41, 5.74) is -1.34. The summed E-state index contributed by atoms with van der Waals surface area (Å²) in [5, 5.41) is 14.8. The number of carboxylic acids is 2. The Bertz CT molecular complexity index is 738. The second-order valence-electron chi connectivity index (χ2n) is 6.12. The Kier molecular flexibility index (Phi) is 10.3. The highest BCUT2D eigenvalue weighted by molar-refractivity contribution is 6.27. The van der Waals surface area contributed by atoms with Crippen molar-refractivity contribution in [3.8, 4) is 0 Å². The summed E-state index contributed by atoms with van der Waals surface area (Å²) in [6, 6.07) is 0. The molecule has 1 aromatic rings. The molecule has 168 valence electrons. The van der Waals surface area contributed by atoms with Gasteiger partial charge in [0.05, 0.1) is 18.8 Å². The maximum atomic E-state index is 14.3. The third-order valence-electron chi connectivity index (χ3n) is 4.33. The zero-order valence-electron chi connectivity index (χ0n) is 16.6. The number of hydrogen-bond acceptors (Lipinski definition) is 5. The van der Waals surface area contributed by atoms with E-state index in [-0.39, 0.29) is 26.3 Å². The number of aliphatic carboxylic acids is 2. The van der Waals surface area contributed by atoms with Gasteiger partial charge in [-0.25, -0.2) is 27.2 Å². The van der Waals surface area contributed by atoms with Gasteiger partial charge >= 0.3 is 11.9 Å². The van der Waals surface area contributed by atoms with Crippen LogP contribution >= 0.6 is 0 Å². The number of carboxylic acid groups (broad SMARTS) is 2. The van der Waals surface area contributed by atoms with E-state index in [4.69, 9.17) is 24.5 Å². The van der Waals surface area contributed by atoms with E-state index in [0.717, 1.165) is 19.2 Å². The molecule has 0 amide bonds. The number of likely N-dealkylation sites (N-methyl/N-ethyl adjacent to an activating group) is 1. The van der Waals surface area contributed by atoms with Gasteiger partial charge < -0.3 is 24.7 Å².